The molecule has 4 heteroatoms. The molecule has 0 aromatic heterocycles. The number of nitrogens with one attached hydrogen (secondary N) is 1. The molecule has 102 valence electrons. The Labute approximate surface area is 118 Å². The Hall–Kier alpha value is -1.16. The van der Waals surface area contributed by atoms with E-state index in [0.717, 1.165) is 37.4 Å². The van der Waals surface area contributed by atoms with E-state index >= 15 is 0 Å². The van der Waals surface area contributed by atoms with E-state index in [0.29, 0.717) is 0 Å². The average molecular weight is 276 g/mol. The molecule has 0 aliphatic carbocycles. The molecule has 1 N–H and O–H groups in total. The summed E-state index contributed by atoms with van der Waals surface area (Å²) in [7, 11) is 0. The Morgan fingerprint density at radius 1 is 1.16 bits per heavy atom. The first-order valence-electron chi connectivity index (χ1n) is 7.10. The van der Waals surface area contributed by atoms with Gasteiger partial charge in [-0.3, -0.25) is 4.79 Å². The minimum atomic E-state index is 0.151. The number of hydrogen-bond donors (Lipinski definition) is 1. The van der Waals surface area contributed by atoms with E-state index < -0.39 is 0 Å². The van der Waals surface area contributed by atoms with Crippen molar-refractivity contribution in [3.8, 4) is 0 Å². The highest BCUT2D eigenvalue weighted by Crippen LogP contribution is 2.28. The van der Waals surface area contributed by atoms with Crippen LogP contribution in [0.15, 0.2) is 24.3 Å². The Balaban J connectivity index is 1.60. The number of benzene rings is 1. The van der Waals surface area contributed by atoms with Crippen LogP contribution >= 0.6 is 11.8 Å². The van der Waals surface area contributed by atoms with Crippen molar-refractivity contribution in [1.29, 1.82) is 0 Å². The van der Waals surface area contributed by atoms with Gasteiger partial charge in [0.25, 0.3) is 0 Å². The second-order valence-corrected chi connectivity index (χ2v) is 6.54. The van der Waals surface area contributed by atoms with Gasteiger partial charge in [0.2, 0.25) is 5.91 Å². The lowest BCUT2D eigenvalue weighted by Crippen LogP contribution is -2.23. The van der Waals surface area contributed by atoms with Gasteiger partial charge in [0.15, 0.2) is 0 Å². The molecule has 2 heterocycles. The Kier molecular flexibility index (Phi) is 3.97. The normalized spacial score (nSPS) is 22.7. The molecule has 1 aromatic carbocycles. The third kappa shape index (κ3) is 3.06. The van der Waals surface area contributed by atoms with E-state index in [2.05, 4.69) is 22.3 Å². The van der Waals surface area contributed by atoms with Crippen molar-refractivity contribution in [2.45, 2.75) is 30.9 Å². The van der Waals surface area contributed by atoms with Gasteiger partial charge < -0.3 is 10.2 Å². The van der Waals surface area contributed by atoms with Crippen LogP contribution in [-0.2, 0) is 4.79 Å². The molecule has 1 unspecified atom stereocenters. The van der Waals surface area contributed by atoms with E-state index in [9.17, 15) is 4.79 Å². The Morgan fingerprint density at radius 2 is 1.89 bits per heavy atom. The molecule has 0 radical (unpaired) electrons. The van der Waals surface area contributed by atoms with E-state index in [1.807, 2.05) is 12.1 Å². The summed E-state index contributed by atoms with van der Waals surface area (Å²) >= 11 is 1.77. The third-order valence-electron chi connectivity index (χ3n) is 3.83. The van der Waals surface area contributed by atoms with Crippen molar-refractivity contribution < 1.29 is 4.79 Å². The lowest BCUT2D eigenvalue weighted by molar-refractivity contribution is -0.115. The predicted octanol–water partition coefficient (Wildman–Crippen LogP) is 3.12. The molecule has 2 aliphatic rings. The van der Waals surface area contributed by atoms with Gasteiger partial charge >= 0.3 is 0 Å². The summed E-state index contributed by atoms with van der Waals surface area (Å²) < 4.78 is 0. The van der Waals surface area contributed by atoms with Crippen LogP contribution in [0.3, 0.4) is 0 Å². The summed E-state index contributed by atoms with van der Waals surface area (Å²) in [6.45, 7) is 2.31. The summed E-state index contributed by atoms with van der Waals surface area (Å²) in [5, 5.41) is 3.17. The van der Waals surface area contributed by atoms with Gasteiger partial charge in [0.05, 0.1) is 5.25 Å². The van der Waals surface area contributed by atoms with Crippen LogP contribution in [0.25, 0.3) is 0 Å². The van der Waals surface area contributed by atoms with E-state index in [1.54, 1.807) is 11.8 Å². The van der Waals surface area contributed by atoms with Crippen molar-refractivity contribution in [3.63, 3.8) is 0 Å². The zero-order valence-corrected chi connectivity index (χ0v) is 11.9. The quantitative estimate of drug-likeness (QED) is 0.920. The van der Waals surface area contributed by atoms with Crippen LogP contribution in [0.4, 0.5) is 11.4 Å². The molecule has 0 bridgehead atoms. The first kappa shape index (κ1) is 12.9. The SMILES string of the molecule is O=C(Nc1ccc(N2CCCC2)cc1)C1CCCS1. The standard InChI is InChI=1S/C15H20N2OS/c18-15(14-4-3-11-19-14)16-12-5-7-13(8-6-12)17-9-1-2-10-17/h5-8,14H,1-4,9-11H2,(H,16,18). The van der Waals surface area contributed by atoms with Crippen LogP contribution in [0, 0.1) is 0 Å². The highest BCUT2D eigenvalue weighted by molar-refractivity contribution is 8.00. The van der Waals surface area contributed by atoms with Gasteiger partial charge in [-0.15, -0.1) is 11.8 Å². The monoisotopic (exact) mass is 276 g/mol. The highest BCUT2D eigenvalue weighted by Gasteiger charge is 2.23. The summed E-state index contributed by atoms with van der Waals surface area (Å²) in [5.41, 5.74) is 2.19. The van der Waals surface area contributed by atoms with Crippen LogP contribution in [0.1, 0.15) is 25.7 Å². The molecule has 1 aromatic rings. The zero-order valence-electron chi connectivity index (χ0n) is 11.1. The predicted molar refractivity (Wildman–Crippen MR) is 82.0 cm³/mol. The molecule has 2 saturated heterocycles. The van der Waals surface area contributed by atoms with Crippen LogP contribution in [0.5, 0.6) is 0 Å². The number of hydrogen-bond acceptors (Lipinski definition) is 3. The molecule has 3 rings (SSSR count). The maximum Gasteiger partial charge on any atom is 0.237 e. The zero-order chi connectivity index (χ0) is 13.1. The average Bonchev–Trinajstić information content (AvgIpc) is 3.13. The van der Waals surface area contributed by atoms with Crippen LogP contribution < -0.4 is 10.2 Å². The molecule has 1 amide bonds. The second kappa shape index (κ2) is 5.87. The molecule has 2 fully saturated rings. The summed E-state index contributed by atoms with van der Waals surface area (Å²) in [5.74, 6) is 1.28. The molecule has 19 heavy (non-hydrogen) atoms. The number of amides is 1. The number of carbonyl (C=O) groups is 1. The van der Waals surface area contributed by atoms with Crippen LogP contribution in [-0.4, -0.2) is 30.0 Å². The fraction of sp³-hybridized carbons (Fsp3) is 0.533. The van der Waals surface area contributed by atoms with Gasteiger partial charge in [-0.25, -0.2) is 0 Å². The van der Waals surface area contributed by atoms with Crippen molar-refractivity contribution in [2.75, 3.05) is 29.1 Å². The topological polar surface area (TPSA) is 32.3 Å². The van der Waals surface area contributed by atoms with E-state index in [4.69, 9.17) is 0 Å². The third-order valence-corrected chi connectivity index (χ3v) is 5.20. The molecule has 2 aliphatic heterocycles. The van der Waals surface area contributed by atoms with E-state index in [-0.39, 0.29) is 11.2 Å². The molecule has 0 saturated carbocycles. The minimum absolute atomic E-state index is 0.151. The van der Waals surface area contributed by atoms with Crippen LogP contribution in [0.2, 0.25) is 0 Å². The smallest absolute Gasteiger partial charge is 0.237 e. The van der Waals surface area contributed by atoms with Crippen molar-refractivity contribution >= 4 is 29.0 Å². The van der Waals surface area contributed by atoms with Gasteiger partial charge in [0, 0.05) is 24.5 Å². The maximum atomic E-state index is 12.0. The fourth-order valence-electron chi connectivity index (χ4n) is 2.74. The van der Waals surface area contributed by atoms with Gasteiger partial charge in [-0.2, -0.15) is 0 Å². The minimum Gasteiger partial charge on any atom is -0.372 e. The summed E-state index contributed by atoms with van der Waals surface area (Å²) in [4.78, 5) is 14.4. The second-order valence-electron chi connectivity index (χ2n) is 5.23. The number of thioether (sulfide) groups is 1. The lowest BCUT2D eigenvalue weighted by atomic mass is 10.2. The fourth-order valence-corrected chi connectivity index (χ4v) is 3.90. The number of rotatable bonds is 3. The van der Waals surface area contributed by atoms with Gasteiger partial charge in [-0.05, 0) is 55.7 Å². The maximum absolute atomic E-state index is 12.0. The van der Waals surface area contributed by atoms with Gasteiger partial charge in [-0.1, -0.05) is 0 Å². The van der Waals surface area contributed by atoms with E-state index in [1.165, 1.54) is 18.5 Å². The first-order valence-corrected chi connectivity index (χ1v) is 8.15. The largest absolute Gasteiger partial charge is 0.372 e. The van der Waals surface area contributed by atoms with Crippen molar-refractivity contribution in [2.24, 2.45) is 0 Å². The van der Waals surface area contributed by atoms with Crippen molar-refractivity contribution in [3.05, 3.63) is 24.3 Å². The molecule has 1 atom stereocenters. The molecule has 3 nitrogen and oxygen atoms in total. The Bertz CT molecular complexity index is 434. The van der Waals surface area contributed by atoms with Crippen molar-refractivity contribution in [1.82, 2.24) is 0 Å². The number of nitrogens with zero attached hydrogens (tertiary/aromatic N) is 1. The Morgan fingerprint density at radius 3 is 2.53 bits per heavy atom. The van der Waals surface area contributed by atoms with Gasteiger partial charge in [0.1, 0.15) is 0 Å². The molecular formula is C15H20N2OS. The summed E-state index contributed by atoms with van der Waals surface area (Å²) in [6, 6.07) is 8.27. The molecular weight excluding hydrogens is 256 g/mol. The first-order chi connectivity index (χ1) is 9.33. The lowest BCUT2D eigenvalue weighted by Gasteiger charge is -2.18. The number of anilines is 2. The number of carbonyl (C=O) groups excluding carboxylic acids is 1. The summed E-state index contributed by atoms with van der Waals surface area (Å²) in [6.07, 6.45) is 4.76. The highest BCUT2D eigenvalue weighted by atomic mass is 32.2. The molecule has 0 spiro atoms.